The van der Waals surface area contributed by atoms with E-state index in [2.05, 4.69) is 13.2 Å². The summed E-state index contributed by atoms with van der Waals surface area (Å²) in [5.41, 5.74) is 0.0189. The molecule has 1 unspecified atom stereocenters. The summed E-state index contributed by atoms with van der Waals surface area (Å²) in [4.78, 5) is 28.4. The van der Waals surface area contributed by atoms with Gasteiger partial charge < -0.3 is 83.5 Å². The van der Waals surface area contributed by atoms with E-state index in [9.17, 15) is 50.4 Å². The first kappa shape index (κ1) is 61.3. The number of carbonyl (C=O) groups is 2. The number of rotatable bonds is 7. The average molecular weight is 1100 g/mol. The van der Waals surface area contributed by atoms with Crippen LogP contribution >= 0.6 is 0 Å². The lowest BCUT2D eigenvalue weighted by molar-refractivity contribution is -0.350. The van der Waals surface area contributed by atoms with Crippen LogP contribution in [0.5, 0.6) is 0 Å². The van der Waals surface area contributed by atoms with E-state index in [1.807, 2.05) is 39.0 Å². The average Bonchev–Trinajstić information content (AvgIpc) is 3.72. The summed E-state index contributed by atoms with van der Waals surface area (Å²) in [6, 6.07) is 0. The minimum atomic E-state index is -2.35. The molecule has 8 heterocycles. The van der Waals surface area contributed by atoms with Crippen LogP contribution in [-0.4, -0.2) is 187 Å². The van der Waals surface area contributed by atoms with E-state index in [1.54, 1.807) is 27.0 Å². The number of Topliss-reactive ketones (excluding diaryl/α,β-unsaturated/α-hetero) is 1. The number of ether oxygens (including phenoxy) is 9. The van der Waals surface area contributed by atoms with E-state index in [0.717, 1.165) is 5.57 Å². The van der Waals surface area contributed by atoms with Crippen molar-refractivity contribution in [3.63, 3.8) is 0 Å². The summed E-state index contributed by atoms with van der Waals surface area (Å²) in [5, 5.41) is 93.1. The van der Waals surface area contributed by atoms with E-state index in [4.69, 9.17) is 42.6 Å². The first-order chi connectivity index (χ1) is 36.8. The van der Waals surface area contributed by atoms with Crippen LogP contribution in [-0.2, 0) is 52.2 Å². The fourth-order valence-corrected chi connectivity index (χ4v) is 13.9. The first-order valence-corrected chi connectivity index (χ1v) is 28.6. The largest absolute Gasteiger partial charge is 0.459 e. The molecule has 19 nitrogen and oxygen atoms in total. The molecule has 8 N–H and O–H groups in total. The van der Waals surface area contributed by atoms with Gasteiger partial charge in [0.15, 0.2) is 17.4 Å². The number of fused-ring (bicyclic) bond motifs is 10. The summed E-state index contributed by atoms with van der Waals surface area (Å²) in [6.45, 7) is 16.9. The summed E-state index contributed by atoms with van der Waals surface area (Å²) in [6.07, 6.45) is -2.39. The number of hydrogen-bond acceptors (Lipinski definition) is 19. The zero-order chi connectivity index (χ0) is 56.5. The van der Waals surface area contributed by atoms with Crippen LogP contribution in [0.3, 0.4) is 0 Å². The highest BCUT2D eigenvalue weighted by molar-refractivity contribution is 5.82. The molecule has 12 bridgehead atoms. The third-order valence-electron chi connectivity index (χ3n) is 17.9. The van der Waals surface area contributed by atoms with Crippen molar-refractivity contribution in [2.24, 2.45) is 23.7 Å². The van der Waals surface area contributed by atoms with Crippen LogP contribution in [0.4, 0.5) is 0 Å². The van der Waals surface area contributed by atoms with E-state index in [-0.39, 0.29) is 88.6 Å². The monoisotopic (exact) mass is 1100 g/mol. The Morgan fingerprint density at radius 2 is 1.54 bits per heavy atom. The van der Waals surface area contributed by atoms with Crippen molar-refractivity contribution in [2.75, 3.05) is 13.7 Å². The molecule has 7 saturated heterocycles. The van der Waals surface area contributed by atoms with Crippen molar-refractivity contribution in [3.05, 3.63) is 60.8 Å². The Morgan fingerprint density at radius 1 is 0.833 bits per heavy atom. The van der Waals surface area contributed by atoms with Crippen LogP contribution < -0.4 is 0 Å². The van der Waals surface area contributed by atoms with Gasteiger partial charge in [0.2, 0.25) is 0 Å². The number of aliphatic hydroxyl groups excluding tert-OH is 6. The standard InChI is InChI=1S/C59H90O19/c1-9-10-14-38(60)17-32(2)18-49-51(66)53-36(6)54(72-49)55(67)59(69)29-47(64)34(4)48(78-59)16-13-11-12-15-41-20-39(61)25-57(74-41)28-44(70-8)22-43(75-57)23-46(63)35(5)52-33(3)37(30-71-52)19-45-27-56(7,68)31-58(77-45)26-40(62)21-42(76-58)24-50(65)73-53/h9-10,12,14-15,19,33-36,38-45,47-49,51-55,60-62,64,66-69H,1-2,11,13,16-18,20-31H2,3-8H3/b14-10+,15-12-,37-19-/t33-,34-,35+,36+,38?,39+,40+,41+,42-,43+,44+,45+,47+,48-,49+,51+,52+,53+,54+,55-,56+,57+,58-,59-/m0/s1. The van der Waals surface area contributed by atoms with Crippen LogP contribution in [0.15, 0.2) is 60.8 Å². The van der Waals surface area contributed by atoms with Crippen LogP contribution in [0.1, 0.15) is 137 Å². The van der Waals surface area contributed by atoms with E-state index in [0.29, 0.717) is 44.1 Å². The van der Waals surface area contributed by atoms with Crippen LogP contribution in [0.25, 0.3) is 0 Å². The third kappa shape index (κ3) is 14.5. The molecule has 19 heteroatoms. The maximum absolute atomic E-state index is 14.2. The van der Waals surface area contributed by atoms with Crippen molar-refractivity contribution in [1.29, 1.82) is 0 Å². The van der Waals surface area contributed by atoms with Gasteiger partial charge in [-0.3, -0.25) is 9.59 Å². The predicted molar refractivity (Wildman–Crippen MR) is 282 cm³/mol. The van der Waals surface area contributed by atoms with Gasteiger partial charge in [-0.1, -0.05) is 82.9 Å². The lowest BCUT2D eigenvalue weighted by Crippen LogP contribution is -2.65. The lowest BCUT2D eigenvalue weighted by Gasteiger charge is -2.51. The summed E-state index contributed by atoms with van der Waals surface area (Å²) in [5.74, 6) is -8.09. The summed E-state index contributed by atoms with van der Waals surface area (Å²) < 4.78 is 57.8. The molecular formula is C59H90O19. The smallest absolute Gasteiger partial charge is 0.308 e. The van der Waals surface area contributed by atoms with Gasteiger partial charge >= 0.3 is 5.97 Å². The second-order valence-corrected chi connectivity index (χ2v) is 24.7. The molecule has 24 atom stereocenters. The van der Waals surface area contributed by atoms with Gasteiger partial charge in [0.25, 0.3) is 0 Å². The van der Waals surface area contributed by atoms with Crippen molar-refractivity contribution < 1.29 is 93.1 Å². The van der Waals surface area contributed by atoms with E-state index in [1.165, 1.54) is 12.2 Å². The van der Waals surface area contributed by atoms with Gasteiger partial charge in [-0.25, -0.2) is 0 Å². The van der Waals surface area contributed by atoms with Gasteiger partial charge in [0.05, 0.1) is 98.0 Å². The zero-order valence-electron chi connectivity index (χ0n) is 46.5. The van der Waals surface area contributed by atoms with Crippen molar-refractivity contribution in [1.82, 2.24) is 0 Å². The topological polar surface area (TPSA) is 279 Å². The Balaban J connectivity index is 1.08. The van der Waals surface area contributed by atoms with Gasteiger partial charge in [0.1, 0.15) is 24.1 Å². The molecule has 78 heavy (non-hydrogen) atoms. The molecule has 0 aromatic rings. The molecule has 0 aliphatic carbocycles. The van der Waals surface area contributed by atoms with Crippen LogP contribution in [0.2, 0.25) is 0 Å². The lowest BCUT2D eigenvalue weighted by atomic mass is 9.78. The SMILES string of the molecule is C=C/C=C/C(O)CC(=C)C[C@H]1O[C@@H]2[C@H](C)[C@@H](OC(=O)C[C@@H]3C[C@@H](O)C[C@]4(C[C@](C)(O)C[C@@H](/C=C5/CO[C@@H]([C@H](C)C(=O)C[C@H]6C[C@@H](OC)C[C@@]7(C[C@H](O)C[C@@H](/C=C\CCC[C@@H]8O[C@@](O)(C[C@@H](O)[C@@H]8C)[C@H]2O)O7)O6)[C@H]5C)O4)O3)[C@@H]1O. The Kier molecular flexibility index (Phi) is 19.9. The first-order valence-electron chi connectivity index (χ1n) is 28.6. The summed E-state index contributed by atoms with van der Waals surface area (Å²) in [7, 11) is 1.62. The molecule has 2 spiro atoms. The number of ketones is 1. The zero-order valence-corrected chi connectivity index (χ0v) is 46.5. The molecule has 440 valence electrons. The number of methoxy groups -OCH3 is 1. The predicted octanol–water partition coefficient (Wildman–Crippen LogP) is 4.22. The second kappa shape index (κ2) is 25.4. The van der Waals surface area contributed by atoms with Gasteiger partial charge in [-0.05, 0) is 44.6 Å². The van der Waals surface area contributed by atoms with Gasteiger partial charge in [-0.15, -0.1) is 0 Å². The molecular weight excluding hydrogens is 1010 g/mol. The quantitative estimate of drug-likeness (QED) is 0.101. The summed E-state index contributed by atoms with van der Waals surface area (Å²) >= 11 is 0. The minimum absolute atomic E-state index is 0.00261. The van der Waals surface area contributed by atoms with Crippen molar-refractivity contribution in [2.45, 2.75) is 258 Å². The Hall–Kier alpha value is -2.80. The third-order valence-corrected chi connectivity index (χ3v) is 17.9. The molecule has 0 amide bonds. The van der Waals surface area contributed by atoms with Gasteiger partial charge in [0, 0.05) is 95.0 Å². The highest BCUT2D eigenvalue weighted by Crippen LogP contribution is 2.47. The normalized spacial score (nSPS) is 48.7. The highest BCUT2D eigenvalue weighted by atomic mass is 16.7. The maximum atomic E-state index is 14.2. The van der Waals surface area contributed by atoms with E-state index < -0.39 is 138 Å². The Labute approximate surface area is 459 Å². The molecule has 8 rings (SSSR count). The molecule has 7 fully saturated rings. The van der Waals surface area contributed by atoms with E-state index >= 15 is 0 Å². The van der Waals surface area contributed by atoms with Crippen molar-refractivity contribution >= 4 is 11.8 Å². The molecule has 0 aromatic heterocycles. The molecule has 8 aliphatic heterocycles. The number of aliphatic hydroxyl groups is 8. The minimum Gasteiger partial charge on any atom is -0.459 e. The number of carbonyl (C=O) groups excluding carboxylic acids is 2. The maximum Gasteiger partial charge on any atom is 0.308 e. The molecule has 0 radical (unpaired) electrons. The second-order valence-electron chi connectivity index (χ2n) is 24.7. The number of hydrogen-bond donors (Lipinski definition) is 8. The fourth-order valence-electron chi connectivity index (χ4n) is 13.9. The van der Waals surface area contributed by atoms with Crippen molar-refractivity contribution in [3.8, 4) is 0 Å². The molecule has 8 aliphatic rings. The Morgan fingerprint density at radius 3 is 2.28 bits per heavy atom. The van der Waals surface area contributed by atoms with Gasteiger partial charge in [-0.2, -0.15) is 0 Å². The number of esters is 1. The Bertz CT molecular complexity index is 2180. The number of allylic oxidation sites excluding steroid dienone is 3. The molecule has 0 aromatic carbocycles. The fraction of sp³-hybridized carbons (Fsp3) is 0.797. The molecule has 0 saturated carbocycles. The van der Waals surface area contributed by atoms with Crippen LogP contribution in [0, 0.1) is 23.7 Å². The highest BCUT2D eigenvalue weighted by Gasteiger charge is 2.58.